The molecule has 0 radical (unpaired) electrons. The predicted molar refractivity (Wildman–Crippen MR) is 450 cm³/mol. The summed E-state index contributed by atoms with van der Waals surface area (Å²) in [4.78, 5) is 0. The van der Waals surface area contributed by atoms with E-state index in [4.69, 9.17) is 0 Å². The molecule has 22 aromatic rings. The van der Waals surface area contributed by atoms with Crippen molar-refractivity contribution in [1.82, 2.24) is 18.3 Å². The molecule has 0 saturated heterocycles. The van der Waals surface area contributed by atoms with Crippen LogP contribution in [0, 0.1) is 0 Å². The quantitative estimate of drug-likeness (QED) is 0.137. The van der Waals surface area contributed by atoms with Crippen LogP contribution in [0.15, 0.2) is 400 Å². The van der Waals surface area contributed by atoms with Crippen molar-refractivity contribution in [3.8, 4) is 78.4 Å². The van der Waals surface area contributed by atoms with Crippen LogP contribution in [0.3, 0.4) is 0 Å². The maximum Gasteiger partial charge on any atom is 0.0541 e. The summed E-state index contributed by atoms with van der Waals surface area (Å²) in [6, 6.07) is 146. The van der Waals surface area contributed by atoms with E-state index < -0.39 is 0 Å². The van der Waals surface area contributed by atoms with Crippen molar-refractivity contribution in [2.75, 3.05) is 0 Å². The maximum atomic E-state index is 2.44. The van der Waals surface area contributed by atoms with Crippen molar-refractivity contribution >= 4 is 120 Å². The minimum Gasteiger partial charge on any atom is -0.309 e. The molecule has 4 nitrogen and oxygen atoms in total. The summed E-state index contributed by atoms with van der Waals surface area (Å²) in [5.74, 6) is 0. The number of fused-ring (bicyclic) bond motifs is 15. The van der Waals surface area contributed by atoms with Crippen LogP contribution in [0.25, 0.3) is 198 Å². The zero-order valence-corrected chi connectivity index (χ0v) is 57.9. The Morgan fingerprint density at radius 2 is 0.425 bits per heavy atom. The SMILES string of the molecule is c1ccc(-c2cc(-c3ccccc3)cc(-n3c4ccccc4c4cc(-c5ccc6c(c5)c5ccccc5n6-c5ccc6ccccc6c5)ccc43)c2)cc1.c1ccc2cc(-n3c4ccccc4c4cc(-c5ccc6c(c5)c5ccccc5n6-c5ccc(-c6cccc7ccccc67)cc5)ccc43)ccc2c1. The van der Waals surface area contributed by atoms with Crippen molar-refractivity contribution < 1.29 is 0 Å². The molecule has 0 aliphatic carbocycles. The van der Waals surface area contributed by atoms with Gasteiger partial charge in [-0.15, -0.1) is 0 Å². The lowest BCUT2D eigenvalue weighted by atomic mass is 9.98. The Kier molecular flexibility index (Phi) is 14.2. The van der Waals surface area contributed by atoms with Gasteiger partial charge < -0.3 is 18.3 Å². The van der Waals surface area contributed by atoms with Gasteiger partial charge in [0.2, 0.25) is 0 Å². The molecule has 0 fully saturated rings. The van der Waals surface area contributed by atoms with Gasteiger partial charge in [0.15, 0.2) is 0 Å². The van der Waals surface area contributed by atoms with Crippen LogP contribution in [0.1, 0.15) is 0 Å². The Morgan fingerprint density at radius 1 is 0.123 bits per heavy atom. The fourth-order valence-electron chi connectivity index (χ4n) is 17.0. The molecule has 0 spiro atoms. The summed E-state index contributed by atoms with van der Waals surface area (Å²) in [6.07, 6.45) is 0. The molecular weight excluding hydrogens is 1280 g/mol. The Labute approximate surface area is 612 Å². The van der Waals surface area contributed by atoms with Crippen molar-refractivity contribution in [1.29, 1.82) is 0 Å². The van der Waals surface area contributed by atoms with Crippen LogP contribution in [-0.2, 0) is 0 Å². The highest BCUT2D eigenvalue weighted by atomic mass is 15.0. The second-order valence-corrected chi connectivity index (χ2v) is 28.0. The molecule has 4 aromatic heterocycles. The van der Waals surface area contributed by atoms with Gasteiger partial charge in [-0.2, -0.15) is 0 Å². The lowest BCUT2D eigenvalue weighted by Crippen LogP contribution is -1.96. The molecule has 0 aliphatic rings. The van der Waals surface area contributed by atoms with E-state index in [9.17, 15) is 0 Å². The van der Waals surface area contributed by atoms with Crippen LogP contribution >= 0.6 is 0 Å². The molecule has 494 valence electrons. The summed E-state index contributed by atoms with van der Waals surface area (Å²) in [6.45, 7) is 0. The van der Waals surface area contributed by atoms with Crippen molar-refractivity contribution in [3.05, 3.63) is 400 Å². The molecule has 106 heavy (non-hydrogen) atoms. The van der Waals surface area contributed by atoms with Crippen molar-refractivity contribution in [2.24, 2.45) is 0 Å². The minimum absolute atomic E-state index is 1.15. The van der Waals surface area contributed by atoms with Gasteiger partial charge in [0.1, 0.15) is 0 Å². The molecule has 4 heteroatoms. The average Bonchev–Trinajstić information content (AvgIpc) is 1.59. The highest BCUT2D eigenvalue weighted by molar-refractivity contribution is 6.15. The number of hydrogen-bond donors (Lipinski definition) is 0. The molecule has 0 N–H and O–H groups in total. The molecule has 0 amide bonds. The van der Waals surface area contributed by atoms with Crippen LogP contribution in [0.2, 0.25) is 0 Å². The van der Waals surface area contributed by atoms with E-state index in [1.54, 1.807) is 0 Å². The monoisotopic (exact) mass is 1350 g/mol. The average molecular weight is 1350 g/mol. The largest absolute Gasteiger partial charge is 0.309 e. The minimum atomic E-state index is 1.15. The molecule has 18 aromatic carbocycles. The van der Waals surface area contributed by atoms with Gasteiger partial charge in [-0.05, 0) is 215 Å². The topological polar surface area (TPSA) is 19.7 Å². The zero-order chi connectivity index (χ0) is 69.8. The van der Waals surface area contributed by atoms with Gasteiger partial charge in [-0.25, -0.2) is 0 Å². The Balaban J connectivity index is 0.000000136. The van der Waals surface area contributed by atoms with Crippen LogP contribution in [0.4, 0.5) is 0 Å². The van der Waals surface area contributed by atoms with Crippen LogP contribution in [0.5, 0.6) is 0 Å². The van der Waals surface area contributed by atoms with Gasteiger partial charge in [-0.1, -0.05) is 273 Å². The summed E-state index contributed by atoms with van der Waals surface area (Å²) in [5.41, 5.74) is 26.5. The van der Waals surface area contributed by atoms with E-state index >= 15 is 0 Å². The third-order valence-corrected chi connectivity index (χ3v) is 22.0. The summed E-state index contributed by atoms with van der Waals surface area (Å²) >= 11 is 0. The van der Waals surface area contributed by atoms with Crippen molar-refractivity contribution in [2.45, 2.75) is 0 Å². The maximum absolute atomic E-state index is 2.44. The first-order valence-corrected chi connectivity index (χ1v) is 36.5. The smallest absolute Gasteiger partial charge is 0.0541 e. The molecule has 0 atom stereocenters. The van der Waals surface area contributed by atoms with E-state index in [0.29, 0.717) is 0 Å². The number of benzene rings is 18. The Hall–Kier alpha value is -14.1. The molecule has 0 saturated carbocycles. The molecule has 0 aliphatic heterocycles. The van der Waals surface area contributed by atoms with Crippen LogP contribution in [-0.4, -0.2) is 18.3 Å². The number of aromatic nitrogens is 4. The summed E-state index contributed by atoms with van der Waals surface area (Å²) < 4.78 is 9.66. The third kappa shape index (κ3) is 10.1. The van der Waals surface area contributed by atoms with Gasteiger partial charge >= 0.3 is 0 Å². The molecule has 4 heterocycles. The summed E-state index contributed by atoms with van der Waals surface area (Å²) in [5, 5.41) is 17.6. The highest BCUT2D eigenvalue weighted by Gasteiger charge is 2.21. The fourth-order valence-corrected chi connectivity index (χ4v) is 17.0. The molecule has 22 rings (SSSR count). The number of para-hydroxylation sites is 4. The lowest BCUT2D eigenvalue weighted by molar-refractivity contribution is 1.18. The number of rotatable bonds is 9. The number of nitrogens with zero attached hydrogens (tertiary/aromatic N) is 4. The lowest BCUT2D eigenvalue weighted by Gasteiger charge is -2.14. The normalized spacial score (nSPS) is 11.8. The third-order valence-electron chi connectivity index (χ3n) is 22.0. The molecule has 0 unspecified atom stereocenters. The van der Waals surface area contributed by atoms with E-state index in [1.807, 2.05) is 0 Å². The van der Waals surface area contributed by atoms with E-state index in [1.165, 1.54) is 187 Å². The Bertz CT molecular complexity index is 7180. The molecular formula is C102H66N4. The number of hydrogen-bond acceptors (Lipinski definition) is 0. The van der Waals surface area contributed by atoms with Gasteiger partial charge in [0.25, 0.3) is 0 Å². The second-order valence-electron chi connectivity index (χ2n) is 28.0. The zero-order valence-electron chi connectivity index (χ0n) is 57.9. The Morgan fingerprint density at radius 3 is 0.840 bits per heavy atom. The van der Waals surface area contributed by atoms with E-state index in [-0.39, 0.29) is 0 Å². The van der Waals surface area contributed by atoms with Crippen molar-refractivity contribution in [3.63, 3.8) is 0 Å². The molecule has 0 bridgehead atoms. The van der Waals surface area contributed by atoms with Gasteiger partial charge in [0, 0.05) is 65.8 Å². The first kappa shape index (κ1) is 60.7. The first-order valence-electron chi connectivity index (χ1n) is 36.5. The second kappa shape index (κ2) is 24.9. The van der Waals surface area contributed by atoms with Crippen LogP contribution < -0.4 is 0 Å². The fraction of sp³-hybridized carbons (Fsp3) is 0. The standard InChI is InChI=1S/C52H34N2.C50H32N2/c1-3-13-35(14-4-1)41-29-42(36-15-5-2-6-16-36)32-44(31-41)54-50-22-12-10-20-46(50)48-34-40(25-28-52(48)54)39-24-27-51-47(33-39)45-19-9-11-21-49(45)53(51)43-26-23-37-17-7-8-18-38(37)30-43;1-2-12-36-30-40(27-20-33(36)10-1)52-48-19-8-6-16-44(48)46-32-38(24-29-50(46)52)37-23-28-49-45(31-37)43-15-5-7-18-47(43)51(49)39-25-21-35(22-26-39)42-17-9-13-34-11-3-4-14-41(34)42/h1-34H;1-32H. The van der Waals surface area contributed by atoms with Gasteiger partial charge in [0.05, 0.1) is 44.1 Å². The predicted octanol–water partition coefficient (Wildman–Crippen LogP) is 27.6. The first-order chi connectivity index (χ1) is 52.5. The van der Waals surface area contributed by atoms with Gasteiger partial charge in [-0.3, -0.25) is 0 Å². The summed E-state index contributed by atoms with van der Waals surface area (Å²) in [7, 11) is 0. The highest BCUT2D eigenvalue weighted by Crippen LogP contribution is 2.43. The van der Waals surface area contributed by atoms with E-state index in [0.717, 1.165) is 11.4 Å². The van der Waals surface area contributed by atoms with E-state index in [2.05, 4.69) is 419 Å².